The Morgan fingerprint density at radius 2 is 1.67 bits per heavy atom. The summed E-state index contributed by atoms with van der Waals surface area (Å²) in [6, 6.07) is 18.0. The van der Waals surface area contributed by atoms with Crippen LogP contribution in [0.15, 0.2) is 82.3 Å². The third kappa shape index (κ3) is 5.38. The average Bonchev–Trinajstić information content (AvgIpc) is 3.54. The van der Waals surface area contributed by atoms with Crippen LogP contribution in [0.2, 0.25) is 0 Å². The van der Waals surface area contributed by atoms with Crippen LogP contribution >= 0.6 is 7.60 Å². The van der Waals surface area contributed by atoms with Crippen molar-refractivity contribution < 1.29 is 26.4 Å². The molecule has 36 heavy (non-hydrogen) atoms. The summed E-state index contributed by atoms with van der Waals surface area (Å²) >= 11 is 0. The second kappa shape index (κ2) is 10.9. The molecule has 0 saturated carbocycles. The number of nitrogens with zero attached hydrogens (tertiary/aromatic N) is 1. The summed E-state index contributed by atoms with van der Waals surface area (Å²) in [5.74, 6) is 0.337. The molecule has 2 N–H and O–H groups in total. The molecule has 2 heterocycles. The summed E-state index contributed by atoms with van der Waals surface area (Å²) in [6.07, 6.45) is 1.47. The Hall–Kier alpha value is -3.01. The van der Waals surface area contributed by atoms with Crippen molar-refractivity contribution in [1.82, 2.24) is 14.9 Å². The normalized spacial score (nSPS) is 13.1. The zero-order chi connectivity index (χ0) is 25.8. The van der Waals surface area contributed by atoms with E-state index in [1.807, 2.05) is 13.0 Å². The first kappa shape index (κ1) is 26.1. The number of nitrogens with one attached hydrogen (secondary N) is 2. The predicted molar refractivity (Wildman–Crippen MR) is 137 cm³/mol. The van der Waals surface area contributed by atoms with Crippen molar-refractivity contribution in [2.45, 2.75) is 31.7 Å². The van der Waals surface area contributed by atoms with Gasteiger partial charge in [0.15, 0.2) is 5.44 Å². The first-order chi connectivity index (χ1) is 17.3. The lowest BCUT2D eigenvalue weighted by molar-refractivity contribution is 0.229. The van der Waals surface area contributed by atoms with Gasteiger partial charge in [-0.15, -0.1) is 0 Å². The second-order valence-electron chi connectivity index (χ2n) is 7.92. The van der Waals surface area contributed by atoms with Gasteiger partial charge in [-0.3, -0.25) is 9.66 Å². The summed E-state index contributed by atoms with van der Waals surface area (Å²) < 4.78 is 60.1. The topological polar surface area (TPSA) is 124 Å². The Bertz CT molecular complexity index is 1420. The lowest BCUT2D eigenvalue weighted by Gasteiger charge is -2.20. The molecule has 1 atom stereocenters. The molecular weight excluding hydrogens is 501 g/mol. The summed E-state index contributed by atoms with van der Waals surface area (Å²) in [4.78, 5) is 0.114. The average molecular weight is 530 g/mol. The monoisotopic (exact) mass is 529 g/mol. The Labute approximate surface area is 210 Å². The fraction of sp³-hybridized carbons (Fsp3) is 0.240. The number of sulfonamides is 1. The van der Waals surface area contributed by atoms with Crippen LogP contribution in [0.4, 0.5) is 0 Å². The van der Waals surface area contributed by atoms with Crippen LogP contribution in [-0.2, 0) is 23.6 Å². The molecule has 0 spiro atoms. The van der Waals surface area contributed by atoms with Gasteiger partial charge in [0.25, 0.3) is 0 Å². The number of furan rings is 1. The number of hydrogen-bond acceptors (Lipinski definition) is 7. The number of H-pyrrole nitrogens is 1. The van der Waals surface area contributed by atoms with E-state index in [-0.39, 0.29) is 23.5 Å². The number of aryl methyl sites for hydroxylation is 1. The van der Waals surface area contributed by atoms with Crippen molar-refractivity contribution in [2.24, 2.45) is 0 Å². The van der Waals surface area contributed by atoms with E-state index in [0.717, 1.165) is 5.56 Å². The maximum Gasteiger partial charge on any atom is 0.382 e. The van der Waals surface area contributed by atoms with Crippen LogP contribution in [0.25, 0.3) is 11.3 Å². The third-order valence-corrected chi connectivity index (χ3v) is 8.90. The first-order valence-electron chi connectivity index (χ1n) is 11.4. The molecule has 2 aromatic carbocycles. The molecule has 9 nitrogen and oxygen atoms in total. The van der Waals surface area contributed by atoms with Crippen LogP contribution in [0.1, 0.15) is 36.7 Å². The van der Waals surface area contributed by atoms with Crippen LogP contribution < -0.4 is 10.2 Å². The number of rotatable bonds is 11. The van der Waals surface area contributed by atoms with E-state index in [4.69, 9.17) is 13.5 Å². The van der Waals surface area contributed by atoms with Gasteiger partial charge in [-0.1, -0.05) is 48.0 Å². The van der Waals surface area contributed by atoms with Crippen molar-refractivity contribution in [2.75, 3.05) is 13.2 Å². The summed E-state index contributed by atoms with van der Waals surface area (Å²) in [7, 11) is -7.82. The highest BCUT2D eigenvalue weighted by atomic mass is 32.2. The van der Waals surface area contributed by atoms with E-state index in [9.17, 15) is 13.0 Å². The van der Waals surface area contributed by atoms with Crippen molar-refractivity contribution in [3.05, 3.63) is 89.8 Å². The van der Waals surface area contributed by atoms with E-state index < -0.39 is 23.7 Å². The summed E-state index contributed by atoms with van der Waals surface area (Å²) in [5, 5.41) is 7.21. The highest BCUT2D eigenvalue weighted by Gasteiger charge is 2.38. The van der Waals surface area contributed by atoms with Crippen molar-refractivity contribution >= 4 is 23.1 Å². The van der Waals surface area contributed by atoms with E-state index in [2.05, 4.69) is 14.9 Å². The van der Waals surface area contributed by atoms with Crippen LogP contribution in [0.3, 0.4) is 0 Å². The maximum absolute atomic E-state index is 13.7. The molecule has 2 aromatic heterocycles. The van der Waals surface area contributed by atoms with Gasteiger partial charge in [0.05, 0.1) is 41.7 Å². The van der Waals surface area contributed by atoms with Crippen LogP contribution in [0, 0.1) is 6.92 Å². The number of hydrogen-bond donors (Lipinski definition) is 2. The Kier molecular flexibility index (Phi) is 7.92. The molecule has 0 aliphatic rings. The minimum absolute atomic E-state index is 0.0200. The fourth-order valence-corrected chi connectivity index (χ4v) is 6.67. The molecule has 0 aliphatic heterocycles. The molecule has 0 bridgehead atoms. The minimum Gasteiger partial charge on any atom is -0.464 e. The molecule has 1 unspecified atom stereocenters. The van der Waals surface area contributed by atoms with E-state index in [1.54, 1.807) is 74.5 Å². The van der Waals surface area contributed by atoms with Gasteiger partial charge in [-0.05, 0) is 50.6 Å². The van der Waals surface area contributed by atoms with Crippen molar-refractivity contribution in [3.63, 3.8) is 0 Å². The molecule has 0 amide bonds. The second-order valence-corrected chi connectivity index (χ2v) is 11.6. The van der Waals surface area contributed by atoms with E-state index >= 15 is 0 Å². The smallest absolute Gasteiger partial charge is 0.382 e. The number of benzene rings is 2. The SMILES string of the molecule is CCOP(=O)(OCC)c1n[nH]c(C(NS(=O)(=O)c2ccc(C)cc2)c2ccccc2)c1-c1ccco1. The molecule has 0 radical (unpaired) electrons. The first-order valence-corrected chi connectivity index (χ1v) is 14.5. The van der Waals surface area contributed by atoms with Crippen LogP contribution in [0.5, 0.6) is 0 Å². The van der Waals surface area contributed by atoms with Crippen molar-refractivity contribution in [1.29, 1.82) is 0 Å². The van der Waals surface area contributed by atoms with Gasteiger partial charge in [-0.2, -0.15) is 9.82 Å². The molecule has 190 valence electrons. The summed E-state index contributed by atoms with van der Waals surface area (Å²) in [5.41, 5.74) is 2.24. The van der Waals surface area contributed by atoms with Gasteiger partial charge >= 0.3 is 7.60 Å². The Morgan fingerprint density at radius 3 is 2.25 bits per heavy atom. The Balaban J connectivity index is 1.91. The van der Waals surface area contributed by atoms with E-state index in [0.29, 0.717) is 22.6 Å². The van der Waals surface area contributed by atoms with Gasteiger partial charge in [0.2, 0.25) is 10.0 Å². The molecule has 4 rings (SSSR count). The van der Waals surface area contributed by atoms with Gasteiger partial charge in [-0.25, -0.2) is 8.42 Å². The molecule has 11 heteroatoms. The van der Waals surface area contributed by atoms with Gasteiger partial charge in [0.1, 0.15) is 5.76 Å². The van der Waals surface area contributed by atoms with Gasteiger partial charge < -0.3 is 13.5 Å². The lowest BCUT2D eigenvalue weighted by atomic mass is 10.0. The van der Waals surface area contributed by atoms with Crippen LogP contribution in [-0.4, -0.2) is 31.8 Å². The fourth-order valence-electron chi connectivity index (χ4n) is 3.80. The number of aromatic nitrogens is 2. The molecule has 4 aromatic rings. The van der Waals surface area contributed by atoms with Gasteiger partial charge in [0, 0.05) is 0 Å². The highest BCUT2D eigenvalue weighted by Crippen LogP contribution is 2.50. The van der Waals surface area contributed by atoms with Crippen molar-refractivity contribution in [3.8, 4) is 11.3 Å². The largest absolute Gasteiger partial charge is 0.464 e. The third-order valence-electron chi connectivity index (χ3n) is 5.43. The lowest BCUT2D eigenvalue weighted by Crippen LogP contribution is -2.30. The summed E-state index contributed by atoms with van der Waals surface area (Å²) in [6.45, 7) is 5.54. The maximum atomic E-state index is 13.7. The zero-order valence-electron chi connectivity index (χ0n) is 20.2. The number of aromatic amines is 1. The van der Waals surface area contributed by atoms with E-state index in [1.165, 1.54) is 6.26 Å². The molecule has 0 aliphatic carbocycles. The molecule has 0 fully saturated rings. The zero-order valence-corrected chi connectivity index (χ0v) is 21.9. The highest BCUT2D eigenvalue weighted by molar-refractivity contribution is 7.89. The molecule has 0 saturated heterocycles. The molecular formula is C25H28N3O6PS. The quantitative estimate of drug-likeness (QED) is 0.264. The predicted octanol–water partition coefficient (Wildman–Crippen LogP) is 4.94. The minimum atomic E-state index is -3.96. The standard InChI is InChI=1S/C25H28N3O6PS/c1-4-33-35(29,34-5-2)25-22(21-12-9-17-32-21)24(26-27-25)23(19-10-7-6-8-11-19)28-36(30,31)20-15-13-18(3)14-16-20/h6-17,23,28H,4-5H2,1-3H3,(H,26,27). The Morgan fingerprint density at radius 1 is 1.00 bits per heavy atom.